The van der Waals surface area contributed by atoms with Gasteiger partial charge in [0.15, 0.2) is 5.01 Å². The smallest absolute Gasteiger partial charge is 0.280 e. The number of ether oxygens (including phenoxy) is 1. The summed E-state index contributed by atoms with van der Waals surface area (Å²) in [7, 11) is 1.61. The third-order valence-electron chi connectivity index (χ3n) is 3.86. The van der Waals surface area contributed by atoms with Crippen molar-refractivity contribution in [3.8, 4) is 5.75 Å². The van der Waals surface area contributed by atoms with Gasteiger partial charge in [-0.3, -0.25) is 4.79 Å². The van der Waals surface area contributed by atoms with Crippen LogP contribution in [0.1, 0.15) is 22.3 Å². The topological polar surface area (TPSA) is 71.5 Å². The first-order chi connectivity index (χ1) is 12.0. The largest absolute Gasteiger partial charge is 0.497 e. The average molecular weight is 356 g/mol. The Morgan fingerprint density at radius 2 is 1.96 bits per heavy atom. The number of nitrogens with one attached hydrogen (secondary N) is 1. The maximum Gasteiger partial charge on any atom is 0.280 e. The fourth-order valence-corrected chi connectivity index (χ4v) is 3.44. The molecule has 2 N–H and O–H groups in total. The van der Waals surface area contributed by atoms with Gasteiger partial charge in [-0.15, -0.1) is 11.3 Å². The fourth-order valence-electron chi connectivity index (χ4n) is 2.56. The van der Waals surface area contributed by atoms with Crippen molar-refractivity contribution in [2.24, 2.45) is 0 Å². The van der Waals surface area contributed by atoms with Crippen molar-refractivity contribution in [2.45, 2.75) is 18.9 Å². The number of benzene rings is 2. The van der Waals surface area contributed by atoms with Crippen molar-refractivity contribution in [1.29, 1.82) is 0 Å². The molecule has 0 radical (unpaired) electrons. The standard InChI is InChI=1S/C19H20N2O3S/c1-19(23,11-13-7-9-14(24-2)10-8-13)12-20-17(22)18-21-15-5-3-4-6-16(15)25-18/h3-10,23H,11-12H2,1-2H3,(H,20,22)/t19-/m0/s1. The molecule has 0 bridgehead atoms. The summed E-state index contributed by atoms with van der Waals surface area (Å²) in [4.78, 5) is 16.6. The summed E-state index contributed by atoms with van der Waals surface area (Å²) in [5, 5.41) is 13.7. The zero-order chi connectivity index (χ0) is 17.9. The van der Waals surface area contributed by atoms with E-state index in [4.69, 9.17) is 4.74 Å². The maximum absolute atomic E-state index is 12.3. The number of aromatic nitrogens is 1. The zero-order valence-electron chi connectivity index (χ0n) is 14.2. The van der Waals surface area contributed by atoms with E-state index in [-0.39, 0.29) is 12.5 Å². The van der Waals surface area contributed by atoms with E-state index >= 15 is 0 Å². The van der Waals surface area contributed by atoms with E-state index in [1.165, 1.54) is 11.3 Å². The van der Waals surface area contributed by atoms with Crippen LogP contribution in [-0.2, 0) is 6.42 Å². The van der Waals surface area contributed by atoms with Crippen LogP contribution in [-0.4, -0.2) is 35.3 Å². The normalized spacial score (nSPS) is 13.4. The summed E-state index contributed by atoms with van der Waals surface area (Å²) in [6, 6.07) is 15.1. The van der Waals surface area contributed by atoms with Gasteiger partial charge in [-0.25, -0.2) is 4.98 Å². The zero-order valence-corrected chi connectivity index (χ0v) is 15.0. The van der Waals surface area contributed by atoms with E-state index in [0.717, 1.165) is 21.5 Å². The second kappa shape index (κ2) is 7.21. The summed E-state index contributed by atoms with van der Waals surface area (Å²) >= 11 is 1.35. The number of carbonyl (C=O) groups is 1. The number of carbonyl (C=O) groups excluding carboxylic acids is 1. The Morgan fingerprint density at radius 1 is 1.24 bits per heavy atom. The Morgan fingerprint density at radius 3 is 2.64 bits per heavy atom. The number of methoxy groups -OCH3 is 1. The Hall–Kier alpha value is -2.44. The van der Waals surface area contributed by atoms with Crippen LogP contribution in [0.4, 0.5) is 0 Å². The third-order valence-corrected chi connectivity index (χ3v) is 4.90. The van der Waals surface area contributed by atoms with E-state index in [0.29, 0.717) is 11.4 Å². The molecule has 0 spiro atoms. The fraction of sp³-hybridized carbons (Fsp3) is 0.263. The Kier molecular flexibility index (Phi) is 5.01. The number of thiazole rings is 1. The van der Waals surface area contributed by atoms with Gasteiger partial charge in [-0.1, -0.05) is 24.3 Å². The molecule has 130 valence electrons. The van der Waals surface area contributed by atoms with Crippen molar-refractivity contribution in [2.75, 3.05) is 13.7 Å². The molecular formula is C19H20N2O3S. The summed E-state index contributed by atoms with van der Waals surface area (Å²) < 4.78 is 6.10. The molecule has 1 heterocycles. The summed E-state index contributed by atoms with van der Waals surface area (Å²) in [5.41, 5.74) is 0.726. The van der Waals surface area contributed by atoms with E-state index in [1.54, 1.807) is 14.0 Å². The minimum absolute atomic E-state index is 0.147. The quantitative estimate of drug-likeness (QED) is 0.712. The molecule has 25 heavy (non-hydrogen) atoms. The SMILES string of the molecule is COc1ccc(C[C@](C)(O)CNC(=O)c2nc3ccccc3s2)cc1. The van der Waals surface area contributed by atoms with Crippen molar-refractivity contribution in [3.63, 3.8) is 0 Å². The highest BCUT2D eigenvalue weighted by Gasteiger charge is 2.23. The van der Waals surface area contributed by atoms with Crippen molar-refractivity contribution >= 4 is 27.5 Å². The van der Waals surface area contributed by atoms with Crippen molar-refractivity contribution < 1.29 is 14.6 Å². The molecule has 3 rings (SSSR count). The molecule has 0 aliphatic heterocycles. The predicted octanol–water partition coefficient (Wildman–Crippen LogP) is 3.03. The molecule has 0 aliphatic rings. The molecule has 1 amide bonds. The van der Waals surface area contributed by atoms with E-state index in [1.807, 2.05) is 48.5 Å². The van der Waals surface area contributed by atoms with Crippen LogP contribution in [0.15, 0.2) is 48.5 Å². The molecule has 6 heteroatoms. The lowest BCUT2D eigenvalue weighted by molar-refractivity contribution is 0.0552. The first kappa shape index (κ1) is 17.4. The highest BCUT2D eigenvalue weighted by molar-refractivity contribution is 7.20. The molecule has 0 unspecified atom stereocenters. The van der Waals surface area contributed by atoms with Crippen molar-refractivity contribution in [3.05, 3.63) is 59.1 Å². The van der Waals surface area contributed by atoms with Gasteiger partial charge in [0.2, 0.25) is 0 Å². The van der Waals surface area contributed by atoms with E-state index < -0.39 is 5.60 Å². The Balaban J connectivity index is 1.61. The minimum Gasteiger partial charge on any atom is -0.497 e. The monoisotopic (exact) mass is 356 g/mol. The van der Waals surface area contributed by atoms with Gasteiger partial charge in [0.1, 0.15) is 5.75 Å². The molecule has 1 atom stereocenters. The lowest BCUT2D eigenvalue weighted by Gasteiger charge is -2.23. The van der Waals surface area contributed by atoms with Gasteiger partial charge in [-0.2, -0.15) is 0 Å². The van der Waals surface area contributed by atoms with Gasteiger partial charge in [0, 0.05) is 13.0 Å². The Labute approximate surface area is 150 Å². The van der Waals surface area contributed by atoms with Crippen LogP contribution < -0.4 is 10.1 Å². The molecule has 5 nitrogen and oxygen atoms in total. The van der Waals surface area contributed by atoms with Crippen LogP contribution in [0.3, 0.4) is 0 Å². The third kappa shape index (κ3) is 4.35. The number of hydrogen-bond acceptors (Lipinski definition) is 5. The molecule has 1 aromatic heterocycles. The van der Waals surface area contributed by atoms with Gasteiger partial charge < -0.3 is 15.2 Å². The number of para-hydroxylation sites is 1. The average Bonchev–Trinajstić information content (AvgIpc) is 3.04. The number of rotatable bonds is 6. The van der Waals surface area contributed by atoms with Crippen LogP contribution in [0.5, 0.6) is 5.75 Å². The van der Waals surface area contributed by atoms with E-state index in [9.17, 15) is 9.90 Å². The number of fused-ring (bicyclic) bond motifs is 1. The van der Waals surface area contributed by atoms with Crippen molar-refractivity contribution in [1.82, 2.24) is 10.3 Å². The summed E-state index contributed by atoms with van der Waals surface area (Å²) in [6.45, 7) is 1.85. The summed E-state index contributed by atoms with van der Waals surface area (Å²) in [6.07, 6.45) is 0.428. The molecule has 2 aromatic carbocycles. The molecule has 0 saturated heterocycles. The van der Waals surface area contributed by atoms with Crippen LogP contribution in [0, 0.1) is 0 Å². The Bertz CT molecular complexity index is 839. The minimum atomic E-state index is -1.05. The van der Waals surface area contributed by atoms with Gasteiger partial charge in [0.05, 0.1) is 22.9 Å². The second-order valence-corrected chi connectivity index (χ2v) is 7.22. The predicted molar refractivity (Wildman–Crippen MR) is 99.3 cm³/mol. The number of nitrogens with zero attached hydrogens (tertiary/aromatic N) is 1. The van der Waals surface area contributed by atoms with Crippen LogP contribution in [0.25, 0.3) is 10.2 Å². The molecular weight excluding hydrogens is 336 g/mol. The summed E-state index contributed by atoms with van der Waals surface area (Å²) in [5.74, 6) is 0.503. The van der Waals surface area contributed by atoms with E-state index in [2.05, 4.69) is 10.3 Å². The number of aliphatic hydroxyl groups is 1. The highest BCUT2D eigenvalue weighted by Crippen LogP contribution is 2.22. The van der Waals surface area contributed by atoms with Gasteiger partial charge >= 0.3 is 0 Å². The molecule has 3 aromatic rings. The second-order valence-electron chi connectivity index (χ2n) is 6.19. The first-order valence-electron chi connectivity index (χ1n) is 7.96. The lowest BCUT2D eigenvalue weighted by atomic mass is 9.96. The van der Waals surface area contributed by atoms with Gasteiger partial charge in [0.25, 0.3) is 5.91 Å². The number of hydrogen-bond donors (Lipinski definition) is 2. The maximum atomic E-state index is 12.3. The highest BCUT2D eigenvalue weighted by atomic mass is 32.1. The molecule has 0 aliphatic carbocycles. The van der Waals surface area contributed by atoms with Crippen LogP contribution in [0.2, 0.25) is 0 Å². The number of amides is 1. The first-order valence-corrected chi connectivity index (χ1v) is 8.77. The van der Waals surface area contributed by atoms with Crippen LogP contribution >= 0.6 is 11.3 Å². The van der Waals surface area contributed by atoms with Gasteiger partial charge in [-0.05, 0) is 36.8 Å². The molecule has 0 saturated carbocycles. The lowest BCUT2D eigenvalue weighted by Crippen LogP contribution is -2.42. The molecule has 0 fully saturated rings.